The van der Waals surface area contributed by atoms with Gasteiger partial charge in [-0.05, 0) is 0 Å². The Hall–Kier alpha value is -0.840. The number of halogens is 12. The molecule has 0 aliphatic rings. The molecule has 0 nitrogen and oxygen atoms in total. The van der Waals surface area contributed by atoms with Gasteiger partial charge in [0, 0.05) is 0 Å². The first-order chi connectivity index (χ1) is 13.7. The molecule has 0 aliphatic heterocycles. The Bertz CT molecular complexity index is 397. The van der Waals surface area contributed by atoms with Crippen LogP contribution in [0.5, 0.6) is 0 Å². The maximum atomic E-state index is 14.3. The van der Waals surface area contributed by atoms with Crippen molar-refractivity contribution in [2.45, 2.75) is 0 Å². The summed E-state index contributed by atoms with van der Waals surface area (Å²) in [6.45, 7) is -28.4. The number of hydrogen-bond donors (Lipinski definition) is 0. The van der Waals surface area contributed by atoms with E-state index in [9.17, 15) is 52.7 Å². The summed E-state index contributed by atoms with van der Waals surface area (Å²) < 4.78 is 167. The predicted molar refractivity (Wildman–Crippen MR) is 83.9 cm³/mol. The zero-order chi connectivity index (χ0) is 23.0. The van der Waals surface area contributed by atoms with Gasteiger partial charge in [0.1, 0.15) is 40.0 Å². The maximum Gasteiger partial charge on any atom is 0.101 e. The smallest absolute Gasteiger partial charge is 0.101 e. The van der Waals surface area contributed by atoms with Crippen molar-refractivity contribution in [2.24, 2.45) is 27.1 Å². The first-order valence-corrected chi connectivity index (χ1v) is 8.45. The van der Waals surface area contributed by atoms with E-state index in [1.165, 1.54) is 0 Å². The van der Waals surface area contributed by atoms with Gasteiger partial charge in [-0.25, -0.2) is 0 Å². The third-order valence-electron chi connectivity index (χ3n) is 6.77. The quantitative estimate of drug-likeness (QED) is 0.267. The SMILES string of the molecule is FCC(CF)(CF)C(CF)(CF)C(CF)(CF)C(CF)(CF)C(CF)(CF)CF. The van der Waals surface area contributed by atoms with E-state index in [2.05, 4.69) is 0 Å². The van der Waals surface area contributed by atoms with E-state index < -0.39 is 107 Å². The molecule has 0 saturated heterocycles. The molecule has 0 aromatic rings. The Kier molecular flexibility index (Phi) is 10.7. The largest absolute Gasteiger partial charge is 0.250 e. The van der Waals surface area contributed by atoms with Gasteiger partial charge in [0.25, 0.3) is 0 Å². The molecule has 0 spiro atoms. The first kappa shape index (κ1) is 28.2. The highest BCUT2D eigenvalue weighted by Crippen LogP contribution is 2.66. The Morgan fingerprint density at radius 3 is 0.517 bits per heavy atom. The summed E-state index contributed by atoms with van der Waals surface area (Å²) in [6, 6.07) is 0. The van der Waals surface area contributed by atoms with E-state index >= 15 is 0 Å². The molecule has 0 heterocycles. The maximum absolute atomic E-state index is 14.3. The summed E-state index contributed by atoms with van der Waals surface area (Å²) in [4.78, 5) is 0. The van der Waals surface area contributed by atoms with E-state index in [-0.39, 0.29) is 0 Å². The molecule has 0 fully saturated rings. The minimum absolute atomic E-state index is 2.27. The van der Waals surface area contributed by atoms with Crippen LogP contribution in [0.1, 0.15) is 0 Å². The molecule has 0 atom stereocenters. The molecule has 0 amide bonds. The predicted octanol–water partition coefficient (Wildman–Crippen LogP) is 5.55. The van der Waals surface area contributed by atoms with Crippen LogP contribution in [0.25, 0.3) is 0 Å². The molecule has 12 heteroatoms. The summed E-state index contributed by atoms with van der Waals surface area (Å²) >= 11 is 0. The van der Waals surface area contributed by atoms with Crippen LogP contribution in [0.4, 0.5) is 52.7 Å². The van der Waals surface area contributed by atoms with Crippen molar-refractivity contribution in [1.29, 1.82) is 0 Å². The van der Waals surface area contributed by atoms with Crippen molar-refractivity contribution >= 4 is 0 Å². The molecular weight excluding hydrogens is 432 g/mol. The lowest BCUT2D eigenvalue weighted by atomic mass is 9.40. The zero-order valence-corrected chi connectivity index (χ0v) is 15.5. The molecule has 0 bridgehead atoms. The van der Waals surface area contributed by atoms with E-state index in [1.54, 1.807) is 0 Å². The number of alkyl halides is 12. The fourth-order valence-corrected chi connectivity index (χ4v) is 4.15. The topological polar surface area (TPSA) is 0 Å². The Morgan fingerprint density at radius 2 is 0.414 bits per heavy atom. The summed E-state index contributed by atoms with van der Waals surface area (Å²) in [5.41, 5.74) is -18.4. The third kappa shape index (κ3) is 3.40. The molecular formula is C17H24F12. The molecule has 0 rings (SSSR count). The summed E-state index contributed by atoms with van der Waals surface area (Å²) in [5.74, 6) is 0. The second-order valence-electron chi connectivity index (χ2n) is 7.41. The van der Waals surface area contributed by atoms with E-state index in [1.807, 2.05) is 0 Å². The summed E-state index contributed by atoms with van der Waals surface area (Å²) in [5, 5.41) is 0. The third-order valence-corrected chi connectivity index (χ3v) is 6.77. The van der Waals surface area contributed by atoms with Crippen molar-refractivity contribution in [3.8, 4) is 0 Å². The molecule has 0 unspecified atom stereocenters. The number of hydrogen-bond acceptors (Lipinski definition) is 0. The van der Waals surface area contributed by atoms with Gasteiger partial charge >= 0.3 is 0 Å². The van der Waals surface area contributed by atoms with Crippen LogP contribution in [0.3, 0.4) is 0 Å². The lowest BCUT2D eigenvalue weighted by molar-refractivity contribution is -0.261. The minimum atomic E-state index is -3.89. The van der Waals surface area contributed by atoms with Crippen molar-refractivity contribution in [2.75, 3.05) is 80.1 Å². The highest BCUT2D eigenvalue weighted by molar-refractivity contribution is 5.19. The monoisotopic (exact) mass is 456 g/mol. The fourth-order valence-electron chi connectivity index (χ4n) is 4.15. The van der Waals surface area contributed by atoms with Gasteiger partial charge in [0.15, 0.2) is 0 Å². The summed E-state index contributed by atoms with van der Waals surface area (Å²) in [6.07, 6.45) is 0. The molecule has 0 N–H and O–H groups in total. The van der Waals surface area contributed by atoms with Gasteiger partial charge < -0.3 is 0 Å². The molecule has 0 aromatic carbocycles. The minimum Gasteiger partial charge on any atom is -0.250 e. The van der Waals surface area contributed by atoms with Crippen molar-refractivity contribution < 1.29 is 52.7 Å². The van der Waals surface area contributed by atoms with Crippen LogP contribution in [0.2, 0.25) is 0 Å². The van der Waals surface area contributed by atoms with Crippen LogP contribution in [0.15, 0.2) is 0 Å². The number of rotatable bonds is 16. The molecule has 176 valence electrons. The van der Waals surface area contributed by atoms with Gasteiger partial charge in [0.05, 0.1) is 67.1 Å². The highest BCUT2D eigenvalue weighted by Gasteiger charge is 2.76. The van der Waals surface area contributed by atoms with Gasteiger partial charge in [-0.15, -0.1) is 0 Å². The second-order valence-corrected chi connectivity index (χ2v) is 7.41. The molecule has 0 radical (unpaired) electrons. The van der Waals surface area contributed by atoms with Gasteiger partial charge in [-0.2, -0.15) is 0 Å². The average molecular weight is 456 g/mol. The molecule has 0 saturated carbocycles. The zero-order valence-electron chi connectivity index (χ0n) is 15.5. The Balaban J connectivity index is 7.60. The van der Waals surface area contributed by atoms with Crippen LogP contribution >= 0.6 is 0 Å². The highest BCUT2D eigenvalue weighted by atomic mass is 19.2. The van der Waals surface area contributed by atoms with Crippen molar-refractivity contribution in [1.82, 2.24) is 0 Å². The average Bonchev–Trinajstić information content (AvgIpc) is 2.79. The molecule has 29 heavy (non-hydrogen) atoms. The van der Waals surface area contributed by atoms with Gasteiger partial charge in [-0.1, -0.05) is 0 Å². The van der Waals surface area contributed by atoms with Crippen LogP contribution < -0.4 is 0 Å². The van der Waals surface area contributed by atoms with Crippen LogP contribution in [-0.4, -0.2) is 80.1 Å². The second kappa shape index (κ2) is 11.0. The Labute approximate surface area is 161 Å². The lowest BCUT2D eigenvalue weighted by Crippen LogP contribution is -2.73. The van der Waals surface area contributed by atoms with E-state index in [0.29, 0.717) is 0 Å². The normalized spacial score (nSPS) is 14.5. The van der Waals surface area contributed by atoms with E-state index in [4.69, 9.17) is 0 Å². The molecule has 0 aromatic heterocycles. The Morgan fingerprint density at radius 1 is 0.241 bits per heavy atom. The lowest BCUT2D eigenvalue weighted by Gasteiger charge is -2.63. The van der Waals surface area contributed by atoms with Crippen molar-refractivity contribution in [3.05, 3.63) is 0 Å². The molecule has 0 aliphatic carbocycles. The summed E-state index contributed by atoms with van der Waals surface area (Å²) in [7, 11) is 0. The fraction of sp³-hybridized carbons (Fsp3) is 1.00. The van der Waals surface area contributed by atoms with Gasteiger partial charge in [0.2, 0.25) is 0 Å². The van der Waals surface area contributed by atoms with Crippen molar-refractivity contribution in [3.63, 3.8) is 0 Å². The first-order valence-electron chi connectivity index (χ1n) is 8.45. The van der Waals surface area contributed by atoms with Gasteiger partial charge in [-0.3, -0.25) is 52.7 Å². The van der Waals surface area contributed by atoms with Crippen LogP contribution in [0, 0.1) is 27.1 Å². The van der Waals surface area contributed by atoms with Crippen LogP contribution in [-0.2, 0) is 0 Å². The van der Waals surface area contributed by atoms with E-state index in [0.717, 1.165) is 0 Å². The standard InChI is InChI=1S/C17H24F12/c18-1-13(2-19,3-20)15(7-24,8-25)17(11-28,12-29)16(9-26,10-27)14(4-21,5-22)6-23/h1-12H2.